The number of hydrogen-bond donors (Lipinski definition) is 0. The van der Waals surface area contributed by atoms with Crippen molar-refractivity contribution < 1.29 is 9.59 Å². The molecule has 2 saturated heterocycles. The van der Waals surface area contributed by atoms with E-state index in [1.807, 2.05) is 34.1 Å². The summed E-state index contributed by atoms with van der Waals surface area (Å²) in [6.45, 7) is 3.21. The molecule has 0 radical (unpaired) electrons. The van der Waals surface area contributed by atoms with E-state index in [4.69, 9.17) is 0 Å². The van der Waals surface area contributed by atoms with E-state index in [1.54, 1.807) is 0 Å². The highest BCUT2D eigenvalue weighted by Gasteiger charge is 2.30. The summed E-state index contributed by atoms with van der Waals surface area (Å²) in [6, 6.07) is 7.70. The molecule has 5 heteroatoms. The molecule has 3 rings (SSSR count). The molecule has 4 nitrogen and oxygen atoms in total. The largest absolute Gasteiger partial charge is 0.342 e. The van der Waals surface area contributed by atoms with Gasteiger partial charge in [0.2, 0.25) is 5.91 Å². The standard InChI is InChI=1S/C18H23IN2O2/c19-16-6-4-5-15(13-16)18(23)21-11-7-14(8-12-21)17(22)20-9-2-1-3-10-20/h4-6,13-14H,1-3,7-12H2. The van der Waals surface area contributed by atoms with Crippen LogP contribution in [0.5, 0.6) is 0 Å². The van der Waals surface area contributed by atoms with Crippen LogP contribution in [0.15, 0.2) is 24.3 Å². The quantitative estimate of drug-likeness (QED) is 0.682. The fourth-order valence-corrected chi connectivity index (χ4v) is 4.05. The van der Waals surface area contributed by atoms with Crippen molar-refractivity contribution >= 4 is 34.4 Å². The maximum Gasteiger partial charge on any atom is 0.253 e. The second-order valence-electron chi connectivity index (χ2n) is 6.46. The Hall–Kier alpha value is -1.11. The number of carbonyl (C=O) groups is 2. The Morgan fingerprint density at radius 3 is 2.30 bits per heavy atom. The second-order valence-corrected chi connectivity index (χ2v) is 7.71. The van der Waals surface area contributed by atoms with E-state index in [0.717, 1.165) is 47.9 Å². The van der Waals surface area contributed by atoms with E-state index in [9.17, 15) is 9.59 Å². The molecule has 0 aliphatic carbocycles. The highest BCUT2D eigenvalue weighted by molar-refractivity contribution is 14.1. The molecule has 0 aromatic heterocycles. The first-order valence-corrected chi connectivity index (χ1v) is 9.56. The van der Waals surface area contributed by atoms with Gasteiger partial charge in [0.15, 0.2) is 0 Å². The summed E-state index contributed by atoms with van der Waals surface area (Å²) in [6.07, 6.45) is 5.11. The minimum Gasteiger partial charge on any atom is -0.342 e. The molecule has 0 unspecified atom stereocenters. The van der Waals surface area contributed by atoms with Gasteiger partial charge in [-0.25, -0.2) is 0 Å². The van der Waals surface area contributed by atoms with E-state index in [0.29, 0.717) is 19.0 Å². The lowest BCUT2D eigenvalue weighted by molar-refractivity contribution is -0.137. The summed E-state index contributed by atoms with van der Waals surface area (Å²) < 4.78 is 1.07. The van der Waals surface area contributed by atoms with Gasteiger partial charge in [-0.15, -0.1) is 0 Å². The van der Waals surface area contributed by atoms with Crippen LogP contribution in [-0.4, -0.2) is 47.8 Å². The molecule has 0 N–H and O–H groups in total. The molecule has 1 aromatic carbocycles. The van der Waals surface area contributed by atoms with Gasteiger partial charge >= 0.3 is 0 Å². The maximum atomic E-state index is 12.6. The predicted molar refractivity (Wildman–Crippen MR) is 98.2 cm³/mol. The summed E-state index contributed by atoms with van der Waals surface area (Å²) in [5.41, 5.74) is 0.748. The van der Waals surface area contributed by atoms with Crippen molar-refractivity contribution in [2.75, 3.05) is 26.2 Å². The van der Waals surface area contributed by atoms with Crippen molar-refractivity contribution in [1.29, 1.82) is 0 Å². The summed E-state index contributed by atoms with van der Waals surface area (Å²) >= 11 is 2.23. The minimum atomic E-state index is 0.0902. The smallest absolute Gasteiger partial charge is 0.253 e. The van der Waals surface area contributed by atoms with E-state index in [-0.39, 0.29) is 11.8 Å². The summed E-state index contributed by atoms with van der Waals surface area (Å²) in [7, 11) is 0. The number of rotatable bonds is 2. The average Bonchev–Trinajstić information content (AvgIpc) is 2.61. The van der Waals surface area contributed by atoms with Gasteiger partial charge in [-0.2, -0.15) is 0 Å². The lowest BCUT2D eigenvalue weighted by Gasteiger charge is -2.35. The Morgan fingerprint density at radius 2 is 1.65 bits per heavy atom. The molecule has 1 aromatic rings. The molecule has 0 spiro atoms. The van der Waals surface area contributed by atoms with Gasteiger partial charge in [-0.3, -0.25) is 9.59 Å². The molecule has 0 bridgehead atoms. The van der Waals surface area contributed by atoms with Crippen LogP contribution < -0.4 is 0 Å². The lowest BCUT2D eigenvalue weighted by Crippen LogP contribution is -2.45. The predicted octanol–water partition coefficient (Wildman–Crippen LogP) is 3.16. The van der Waals surface area contributed by atoms with Crippen LogP contribution in [0.2, 0.25) is 0 Å². The van der Waals surface area contributed by atoms with Gasteiger partial charge in [0, 0.05) is 41.2 Å². The maximum absolute atomic E-state index is 12.6. The lowest BCUT2D eigenvalue weighted by atomic mass is 9.94. The third-order valence-electron chi connectivity index (χ3n) is 4.87. The van der Waals surface area contributed by atoms with Gasteiger partial charge in [0.25, 0.3) is 5.91 Å². The third-order valence-corrected chi connectivity index (χ3v) is 5.54. The first kappa shape index (κ1) is 16.7. The second kappa shape index (κ2) is 7.64. The first-order chi connectivity index (χ1) is 11.1. The molecule has 2 heterocycles. The van der Waals surface area contributed by atoms with Crippen LogP contribution >= 0.6 is 22.6 Å². The van der Waals surface area contributed by atoms with Crippen molar-refractivity contribution in [1.82, 2.24) is 9.80 Å². The zero-order valence-electron chi connectivity index (χ0n) is 13.3. The van der Waals surface area contributed by atoms with E-state index in [2.05, 4.69) is 22.6 Å². The molecule has 23 heavy (non-hydrogen) atoms. The Morgan fingerprint density at radius 1 is 0.957 bits per heavy atom. The average molecular weight is 426 g/mol. The van der Waals surface area contributed by atoms with Gasteiger partial charge in [0.1, 0.15) is 0 Å². The Kier molecular flexibility index (Phi) is 5.56. The van der Waals surface area contributed by atoms with Crippen LogP contribution in [0.3, 0.4) is 0 Å². The highest BCUT2D eigenvalue weighted by Crippen LogP contribution is 2.23. The molecule has 124 valence electrons. The van der Waals surface area contributed by atoms with Crippen LogP contribution in [0.1, 0.15) is 42.5 Å². The fraction of sp³-hybridized carbons (Fsp3) is 0.556. The molecule has 0 saturated carbocycles. The van der Waals surface area contributed by atoms with Crippen LogP contribution in [0, 0.1) is 9.49 Å². The van der Waals surface area contributed by atoms with Gasteiger partial charge in [-0.1, -0.05) is 6.07 Å². The monoisotopic (exact) mass is 426 g/mol. The van der Waals surface area contributed by atoms with Crippen molar-refractivity contribution in [3.05, 3.63) is 33.4 Å². The van der Waals surface area contributed by atoms with E-state index < -0.39 is 0 Å². The minimum absolute atomic E-state index is 0.0902. The Labute approximate surface area is 151 Å². The molecule has 2 aliphatic heterocycles. The number of amides is 2. The van der Waals surface area contributed by atoms with Crippen molar-refractivity contribution in [3.63, 3.8) is 0 Å². The molecule has 2 amide bonds. The molecule has 2 fully saturated rings. The van der Waals surface area contributed by atoms with Gasteiger partial charge < -0.3 is 9.80 Å². The van der Waals surface area contributed by atoms with E-state index >= 15 is 0 Å². The van der Waals surface area contributed by atoms with Crippen molar-refractivity contribution in [2.24, 2.45) is 5.92 Å². The normalized spacial score (nSPS) is 19.7. The highest BCUT2D eigenvalue weighted by atomic mass is 127. The van der Waals surface area contributed by atoms with E-state index in [1.165, 1.54) is 6.42 Å². The van der Waals surface area contributed by atoms with Crippen molar-refractivity contribution in [3.8, 4) is 0 Å². The number of likely N-dealkylation sites (tertiary alicyclic amines) is 2. The zero-order chi connectivity index (χ0) is 16.2. The van der Waals surface area contributed by atoms with Crippen LogP contribution in [0.25, 0.3) is 0 Å². The first-order valence-electron chi connectivity index (χ1n) is 8.49. The summed E-state index contributed by atoms with van der Waals surface area (Å²) in [5, 5.41) is 0. The number of hydrogen-bond acceptors (Lipinski definition) is 2. The number of nitrogens with zero attached hydrogens (tertiary/aromatic N) is 2. The van der Waals surface area contributed by atoms with Gasteiger partial charge in [0.05, 0.1) is 0 Å². The molecule has 0 atom stereocenters. The zero-order valence-corrected chi connectivity index (χ0v) is 15.5. The Bertz CT molecular complexity index is 576. The van der Waals surface area contributed by atoms with Gasteiger partial charge in [-0.05, 0) is 72.9 Å². The number of piperidine rings is 2. The number of halogens is 1. The fourth-order valence-electron chi connectivity index (χ4n) is 3.51. The number of benzene rings is 1. The van der Waals surface area contributed by atoms with Crippen LogP contribution in [-0.2, 0) is 4.79 Å². The van der Waals surface area contributed by atoms with Crippen molar-refractivity contribution in [2.45, 2.75) is 32.1 Å². The Balaban J connectivity index is 1.55. The SMILES string of the molecule is O=C(c1cccc(I)c1)N1CCC(C(=O)N2CCCCC2)CC1. The molecular formula is C18H23IN2O2. The number of carbonyl (C=O) groups excluding carboxylic acids is 2. The molecular weight excluding hydrogens is 403 g/mol. The van der Waals surface area contributed by atoms with Crippen LogP contribution in [0.4, 0.5) is 0 Å². The summed E-state index contributed by atoms with van der Waals surface area (Å²) in [5.74, 6) is 0.506. The summed E-state index contributed by atoms with van der Waals surface area (Å²) in [4.78, 5) is 29.1. The topological polar surface area (TPSA) is 40.6 Å². The third kappa shape index (κ3) is 4.05. The molecule has 2 aliphatic rings.